The number of hydrogen-bond acceptors (Lipinski definition) is 4. The maximum Gasteiger partial charge on any atom is 0.221 e. The van der Waals surface area contributed by atoms with Crippen LogP contribution in [0.25, 0.3) is 11.4 Å². The topological polar surface area (TPSA) is 55.6 Å². The van der Waals surface area contributed by atoms with Crippen LogP contribution in [0.2, 0.25) is 0 Å². The molecule has 5 nitrogen and oxygen atoms in total. The molecule has 0 fully saturated rings. The Morgan fingerprint density at radius 1 is 1.38 bits per heavy atom. The number of nitrogens with zero attached hydrogens (tertiary/aromatic N) is 4. The normalized spacial score (nSPS) is 18.9. The molecule has 0 spiro atoms. The molecule has 3 heterocycles. The minimum atomic E-state index is 0.474. The van der Waals surface area contributed by atoms with Crippen molar-refractivity contribution < 1.29 is 0 Å². The Labute approximate surface area is 93.5 Å². The Kier molecular flexibility index (Phi) is 2.09. The highest BCUT2D eigenvalue weighted by molar-refractivity contribution is 5.55. The molecule has 0 saturated heterocycles. The zero-order valence-electron chi connectivity index (χ0n) is 9.09. The molecule has 0 aliphatic carbocycles. The summed E-state index contributed by atoms with van der Waals surface area (Å²) in [4.78, 5) is 8.47. The van der Waals surface area contributed by atoms with Crippen molar-refractivity contribution in [2.75, 3.05) is 5.32 Å². The number of aryl methyl sites for hydroxylation is 1. The van der Waals surface area contributed by atoms with Crippen molar-refractivity contribution in [3.8, 4) is 11.4 Å². The largest absolute Gasteiger partial charge is 0.352 e. The van der Waals surface area contributed by atoms with E-state index in [-0.39, 0.29) is 0 Å². The van der Waals surface area contributed by atoms with Gasteiger partial charge in [0.05, 0.1) is 0 Å². The van der Waals surface area contributed by atoms with Crippen molar-refractivity contribution >= 4 is 5.95 Å². The Balaban J connectivity index is 1.99. The van der Waals surface area contributed by atoms with Crippen LogP contribution in [0.4, 0.5) is 5.95 Å². The van der Waals surface area contributed by atoms with Gasteiger partial charge in [0.2, 0.25) is 5.95 Å². The van der Waals surface area contributed by atoms with Crippen LogP contribution in [0, 0.1) is 0 Å². The Bertz CT molecular complexity index is 490. The van der Waals surface area contributed by atoms with Gasteiger partial charge in [0, 0.05) is 30.5 Å². The second-order valence-electron chi connectivity index (χ2n) is 4.05. The molecule has 0 bridgehead atoms. The van der Waals surface area contributed by atoms with Crippen LogP contribution in [-0.4, -0.2) is 25.8 Å². The first-order valence-corrected chi connectivity index (χ1v) is 5.45. The lowest BCUT2D eigenvalue weighted by Gasteiger charge is -2.20. The van der Waals surface area contributed by atoms with E-state index in [1.165, 1.54) is 0 Å². The van der Waals surface area contributed by atoms with Gasteiger partial charge in [0.1, 0.15) is 0 Å². The summed E-state index contributed by atoms with van der Waals surface area (Å²) >= 11 is 0. The van der Waals surface area contributed by atoms with Crippen LogP contribution in [0.3, 0.4) is 0 Å². The third kappa shape index (κ3) is 1.54. The Morgan fingerprint density at radius 2 is 2.19 bits per heavy atom. The van der Waals surface area contributed by atoms with Gasteiger partial charge in [-0.15, -0.1) is 5.10 Å². The second kappa shape index (κ2) is 3.59. The van der Waals surface area contributed by atoms with Crippen molar-refractivity contribution in [3.63, 3.8) is 0 Å². The van der Waals surface area contributed by atoms with Gasteiger partial charge < -0.3 is 5.32 Å². The van der Waals surface area contributed by atoms with E-state index in [4.69, 9.17) is 0 Å². The van der Waals surface area contributed by atoms with E-state index in [0.29, 0.717) is 6.04 Å². The van der Waals surface area contributed by atoms with Gasteiger partial charge in [0.15, 0.2) is 5.82 Å². The van der Waals surface area contributed by atoms with Gasteiger partial charge >= 0.3 is 0 Å². The number of nitrogens with one attached hydrogen (secondary N) is 1. The molecule has 0 aromatic carbocycles. The average Bonchev–Trinajstić information content (AvgIpc) is 2.73. The molecule has 3 rings (SSSR count). The molecule has 1 aliphatic heterocycles. The molecule has 1 unspecified atom stereocenters. The minimum absolute atomic E-state index is 0.474. The molecule has 0 saturated carbocycles. The third-order valence-electron chi connectivity index (χ3n) is 2.76. The summed E-state index contributed by atoms with van der Waals surface area (Å²) in [6, 6.07) is 4.32. The van der Waals surface area contributed by atoms with Crippen LogP contribution < -0.4 is 5.32 Å². The predicted octanol–water partition coefficient (Wildman–Crippen LogP) is 1.54. The lowest BCUT2D eigenvalue weighted by molar-refractivity contribution is 0.510. The number of rotatable bonds is 1. The lowest BCUT2D eigenvalue weighted by Crippen LogP contribution is -2.26. The zero-order valence-corrected chi connectivity index (χ0v) is 9.09. The third-order valence-corrected chi connectivity index (χ3v) is 2.76. The van der Waals surface area contributed by atoms with E-state index in [1.54, 1.807) is 12.4 Å². The van der Waals surface area contributed by atoms with Gasteiger partial charge in [0.25, 0.3) is 0 Å². The number of fused-ring (bicyclic) bond motifs is 1. The van der Waals surface area contributed by atoms with E-state index in [1.807, 2.05) is 16.8 Å². The maximum absolute atomic E-state index is 4.48. The molecule has 1 aliphatic rings. The molecule has 82 valence electrons. The fraction of sp³-hybridized carbons (Fsp3) is 0.364. The van der Waals surface area contributed by atoms with Crippen LogP contribution in [0.5, 0.6) is 0 Å². The van der Waals surface area contributed by atoms with E-state index in [2.05, 4.69) is 27.3 Å². The van der Waals surface area contributed by atoms with E-state index >= 15 is 0 Å². The fourth-order valence-corrected chi connectivity index (χ4v) is 1.84. The SMILES string of the molecule is CC1CCn2nc(-c3ccncc3)nc2N1. The predicted molar refractivity (Wildman–Crippen MR) is 61.0 cm³/mol. The molecule has 2 aromatic heterocycles. The number of anilines is 1. The van der Waals surface area contributed by atoms with E-state index in [0.717, 1.165) is 30.3 Å². The van der Waals surface area contributed by atoms with Crippen molar-refractivity contribution in [1.29, 1.82) is 0 Å². The molecule has 1 atom stereocenters. The molecular formula is C11H13N5. The van der Waals surface area contributed by atoms with Crippen LogP contribution >= 0.6 is 0 Å². The Hall–Kier alpha value is -1.91. The highest BCUT2D eigenvalue weighted by atomic mass is 15.4. The number of hydrogen-bond donors (Lipinski definition) is 1. The number of aromatic nitrogens is 4. The van der Waals surface area contributed by atoms with Gasteiger partial charge in [-0.05, 0) is 25.5 Å². The van der Waals surface area contributed by atoms with Gasteiger partial charge in [-0.25, -0.2) is 4.68 Å². The van der Waals surface area contributed by atoms with Gasteiger partial charge in [-0.3, -0.25) is 4.98 Å². The van der Waals surface area contributed by atoms with Gasteiger partial charge in [-0.2, -0.15) is 4.98 Å². The summed E-state index contributed by atoms with van der Waals surface area (Å²) in [5.41, 5.74) is 1.01. The molecule has 16 heavy (non-hydrogen) atoms. The highest BCUT2D eigenvalue weighted by Crippen LogP contribution is 2.20. The zero-order chi connectivity index (χ0) is 11.0. The fourth-order valence-electron chi connectivity index (χ4n) is 1.84. The number of pyridine rings is 1. The van der Waals surface area contributed by atoms with Crippen LogP contribution in [-0.2, 0) is 6.54 Å². The van der Waals surface area contributed by atoms with Crippen LogP contribution in [0.15, 0.2) is 24.5 Å². The lowest BCUT2D eigenvalue weighted by atomic mass is 10.2. The first-order valence-electron chi connectivity index (χ1n) is 5.45. The molecule has 5 heteroatoms. The summed E-state index contributed by atoms with van der Waals surface area (Å²) in [6.07, 6.45) is 4.60. The molecule has 2 aromatic rings. The highest BCUT2D eigenvalue weighted by Gasteiger charge is 2.18. The van der Waals surface area contributed by atoms with Crippen molar-refractivity contribution in [2.45, 2.75) is 25.9 Å². The summed E-state index contributed by atoms with van der Waals surface area (Å²) in [7, 11) is 0. The smallest absolute Gasteiger partial charge is 0.221 e. The first-order chi connectivity index (χ1) is 7.83. The second-order valence-corrected chi connectivity index (χ2v) is 4.05. The van der Waals surface area contributed by atoms with Crippen molar-refractivity contribution in [2.24, 2.45) is 0 Å². The monoisotopic (exact) mass is 215 g/mol. The maximum atomic E-state index is 4.48. The average molecular weight is 215 g/mol. The summed E-state index contributed by atoms with van der Waals surface area (Å²) < 4.78 is 1.93. The van der Waals surface area contributed by atoms with Crippen molar-refractivity contribution in [1.82, 2.24) is 19.7 Å². The quantitative estimate of drug-likeness (QED) is 0.784. The van der Waals surface area contributed by atoms with Gasteiger partial charge in [-0.1, -0.05) is 0 Å². The minimum Gasteiger partial charge on any atom is -0.352 e. The summed E-state index contributed by atoms with van der Waals surface area (Å²) in [5.74, 6) is 1.63. The molecule has 0 amide bonds. The molecule has 1 N–H and O–H groups in total. The summed E-state index contributed by atoms with van der Waals surface area (Å²) in [5, 5.41) is 7.79. The molecule has 0 radical (unpaired) electrons. The first kappa shape index (κ1) is 9.33. The van der Waals surface area contributed by atoms with E-state index in [9.17, 15) is 0 Å². The standard InChI is InChI=1S/C11H13N5/c1-8-4-7-16-11(13-8)14-10(15-16)9-2-5-12-6-3-9/h2-3,5-6,8H,4,7H2,1H3,(H,13,14,15). The van der Waals surface area contributed by atoms with Crippen LogP contribution in [0.1, 0.15) is 13.3 Å². The summed E-state index contributed by atoms with van der Waals surface area (Å²) in [6.45, 7) is 3.09. The van der Waals surface area contributed by atoms with E-state index < -0.39 is 0 Å². The van der Waals surface area contributed by atoms with Crippen molar-refractivity contribution in [3.05, 3.63) is 24.5 Å². The molecular weight excluding hydrogens is 202 g/mol. The Morgan fingerprint density at radius 3 is 3.00 bits per heavy atom.